The quantitative estimate of drug-likeness (QED) is 0.760. The van der Waals surface area contributed by atoms with Crippen LogP contribution in [0.4, 0.5) is 10.1 Å². The molecule has 2 aromatic rings. The van der Waals surface area contributed by atoms with Crippen LogP contribution in [0.5, 0.6) is 5.75 Å². The summed E-state index contributed by atoms with van der Waals surface area (Å²) in [5, 5.41) is 7.70. The minimum atomic E-state index is -3.98. The lowest BCUT2D eigenvalue weighted by Crippen LogP contribution is -2.16. The van der Waals surface area contributed by atoms with E-state index in [1.165, 1.54) is 49.2 Å². The van der Waals surface area contributed by atoms with Gasteiger partial charge in [0.15, 0.2) is 0 Å². The lowest BCUT2D eigenvalue weighted by atomic mass is 10.3. The fourth-order valence-electron chi connectivity index (χ4n) is 1.85. The second kappa shape index (κ2) is 7.65. The van der Waals surface area contributed by atoms with E-state index < -0.39 is 10.0 Å². The highest BCUT2D eigenvalue weighted by molar-refractivity contribution is 8.00. The molecule has 0 radical (unpaired) electrons. The van der Waals surface area contributed by atoms with Crippen LogP contribution in [0.2, 0.25) is 0 Å². The number of nitrogens with one attached hydrogen (secondary N) is 1. The zero-order valence-electron chi connectivity index (χ0n) is 12.7. The van der Waals surface area contributed by atoms with Gasteiger partial charge in [0.05, 0.1) is 12.9 Å². The van der Waals surface area contributed by atoms with Crippen molar-refractivity contribution in [1.29, 1.82) is 0 Å². The average Bonchev–Trinajstić information content (AvgIpc) is 2.53. The third-order valence-electron chi connectivity index (χ3n) is 2.94. The number of ether oxygens (including phenoxy) is 1. The molecule has 2 aromatic carbocycles. The van der Waals surface area contributed by atoms with Gasteiger partial charge in [0, 0.05) is 10.6 Å². The molecule has 0 saturated carbocycles. The standard InChI is InChI=1S/C15H15FN2O4S2/c1-22-13-7-4-11(8-14(13)24(17,20)21)18-15(19)9-23-12-5-2-10(16)3-6-12/h2-8H,9H2,1H3,(H,18,19)(H2,17,20,21). The Hall–Kier alpha value is -2.10. The molecule has 1 amide bonds. The molecule has 0 heterocycles. The van der Waals surface area contributed by atoms with E-state index in [2.05, 4.69) is 5.32 Å². The fraction of sp³-hybridized carbons (Fsp3) is 0.133. The van der Waals surface area contributed by atoms with Crippen molar-refractivity contribution in [1.82, 2.24) is 0 Å². The molecule has 0 atom stereocenters. The molecular weight excluding hydrogens is 355 g/mol. The number of carbonyl (C=O) groups excluding carboxylic acids is 1. The van der Waals surface area contributed by atoms with E-state index in [1.54, 1.807) is 12.1 Å². The number of carbonyl (C=O) groups is 1. The number of hydrogen-bond donors (Lipinski definition) is 2. The molecule has 0 saturated heterocycles. The first-order valence-electron chi connectivity index (χ1n) is 6.68. The van der Waals surface area contributed by atoms with Gasteiger partial charge in [-0.05, 0) is 42.5 Å². The number of anilines is 1. The van der Waals surface area contributed by atoms with Gasteiger partial charge in [0.1, 0.15) is 16.5 Å². The molecule has 9 heteroatoms. The van der Waals surface area contributed by atoms with Crippen LogP contribution in [-0.4, -0.2) is 27.2 Å². The topological polar surface area (TPSA) is 98.5 Å². The van der Waals surface area contributed by atoms with Crippen molar-refractivity contribution in [2.24, 2.45) is 5.14 Å². The molecule has 0 fully saturated rings. The lowest BCUT2D eigenvalue weighted by Gasteiger charge is -2.10. The van der Waals surface area contributed by atoms with Gasteiger partial charge in [-0.3, -0.25) is 4.79 Å². The van der Waals surface area contributed by atoms with Crippen LogP contribution < -0.4 is 15.2 Å². The number of sulfonamides is 1. The average molecular weight is 370 g/mol. The highest BCUT2D eigenvalue weighted by atomic mass is 32.2. The first kappa shape index (κ1) is 18.2. The Kier molecular flexibility index (Phi) is 5.81. The number of primary sulfonamides is 1. The van der Waals surface area contributed by atoms with E-state index in [1.807, 2.05) is 0 Å². The zero-order valence-corrected chi connectivity index (χ0v) is 14.3. The van der Waals surface area contributed by atoms with Crippen molar-refractivity contribution >= 4 is 33.4 Å². The fourth-order valence-corrected chi connectivity index (χ4v) is 3.28. The maximum Gasteiger partial charge on any atom is 0.241 e. The monoisotopic (exact) mass is 370 g/mol. The third kappa shape index (κ3) is 4.95. The number of nitrogens with two attached hydrogens (primary N) is 1. The van der Waals surface area contributed by atoms with Crippen LogP contribution >= 0.6 is 11.8 Å². The Balaban J connectivity index is 2.05. The minimum Gasteiger partial charge on any atom is -0.495 e. The van der Waals surface area contributed by atoms with E-state index in [4.69, 9.17) is 9.88 Å². The minimum absolute atomic E-state index is 0.0857. The number of hydrogen-bond acceptors (Lipinski definition) is 5. The van der Waals surface area contributed by atoms with E-state index >= 15 is 0 Å². The van der Waals surface area contributed by atoms with Crippen LogP contribution in [-0.2, 0) is 14.8 Å². The molecule has 0 aliphatic rings. The first-order chi connectivity index (χ1) is 11.3. The summed E-state index contributed by atoms with van der Waals surface area (Å²) in [6.45, 7) is 0. The van der Waals surface area contributed by atoms with Gasteiger partial charge in [-0.25, -0.2) is 17.9 Å². The second-order valence-electron chi connectivity index (χ2n) is 4.70. The molecule has 0 aliphatic heterocycles. The van der Waals surface area contributed by atoms with Gasteiger partial charge in [0.2, 0.25) is 15.9 Å². The highest BCUT2D eigenvalue weighted by Gasteiger charge is 2.16. The number of thioether (sulfide) groups is 1. The van der Waals surface area contributed by atoms with E-state index in [0.29, 0.717) is 0 Å². The Morgan fingerprint density at radius 3 is 2.50 bits per heavy atom. The van der Waals surface area contributed by atoms with Crippen molar-refractivity contribution in [2.45, 2.75) is 9.79 Å². The SMILES string of the molecule is COc1ccc(NC(=O)CSc2ccc(F)cc2)cc1S(N)(=O)=O. The predicted molar refractivity (Wildman–Crippen MR) is 90.1 cm³/mol. The summed E-state index contributed by atoms with van der Waals surface area (Å²) in [5.74, 6) is -0.508. The Bertz CT molecular complexity index is 839. The van der Waals surface area contributed by atoms with Crippen LogP contribution in [0.1, 0.15) is 0 Å². The third-order valence-corrected chi connectivity index (χ3v) is 4.88. The molecule has 3 N–H and O–H groups in total. The van der Waals surface area contributed by atoms with Gasteiger partial charge < -0.3 is 10.1 Å². The molecule has 128 valence electrons. The van der Waals surface area contributed by atoms with Gasteiger partial charge in [-0.15, -0.1) is 11.8 Å². The Morgan fingerprint density at radius 1 is 1.25 bits per heavy atom. The number of halogens is 1. The molecule has 6 nitrogen and oxygen atoms in total. The lowest BCUT2D eigenvalue weighted by molar-refractivity contribution is -0.113. The van der Waals surface area contributed by atoms with Crippen molar-refractivity contribution in [3.63, 3.8) is 0 Å². The molecule has 0 spiro atoms. The van der Waals surface area contributed by atoms with Gasteiger partial charge in [-0.1, -0.05) is 0 Å². The summed E-state index contributed by atoms with van der Waals surface area (Å²) in [6.07, 6.45) is 0. The van der Waals surface area contributed by atoms with Gasteiger partial charge >= 0.3 is 0 Å². The summed E-state index contributed by atoms with van der Waals surface area (Å²) in [5.41, 5.74) is 0.282. The summed E-state index contributed by atoms with van der Waals surface area (Å²) in [7, 11) is -2.66. The summed E-state index contributed by atoms with van der Waals surface area (Å²) in [6, 6.07) is 9.90. The molecule has 0 aliphatic carbocycles. The van der Waals surface area contributed by atoms with Crippen molar-refractivity contribution in [3.05, 3.63) is 48.3 Å². The molecule has 2 rings (SSSR count). The molecular formula is C15H15FN2O4S2. The highest BCUT2D eigenvalue weighted by Crippen LogP contribution is 2.26. The largest absolute Gasteiger partial charge is 0.495 e. The molecule has 0 unspecified atom stereocenters. The maximum absolute atomic E-state index is 12.8. The van der Waals surface area contributed by atoms with Gasteiger partial charge in [0.25, 0.3) is 0 Å². The van der Waals surface area contributed by atoms with Crippen LogP contribution in [0.3, 0.4) is 0 Å². The smallest absolute Gasteiger partial charge is 0.241 e. The summed E-state index contributed by atoms with van der Waals surface area (Å²) in [4.78, 5) is 12.5. The van der Waals surface area contributed by atoms with Crippen molar-refractivity contribution in [2.75, 3.05) is 18.2 Å². The van der Waals surface area contributed by atoms with Crippen molar-refractivity contribution in [3.8, 4) is 5.75 Å². The van der Waals surface area contributed by atoms with Crippen molar-refractivity contribution < 1.29 is 22.3 Å². The molecule has 24 heavy (non-hydrogen) atoms. The van der Waals surface area contributed by atoms with Crippen LogP contribution in [0, 0.1) is 5.82 Å². The van der Waals surface area contributed by atoms with E-state index in [9.17, 15) is 17.6 Å². The van der Waals surface area contributed by atoms with E-state index in [0.717, 1.165) is 4.90 Å². The number of amides is 1. The summed E-state index contributed by atoms with van der Waals surface area (Å²) < 4.78 is 40.8. The number of rotatable bonds is 6. The second-order valence-corrected chi connectivity index (χ2v) is 7.28. The first-order valence-corrected chi connectivity index (χ1v) is 9.22. The summed E-state index contributed by atoms with van der Waals surface area (Å²) >= 11 is 1.23. The molecule has 0 bridgehead atoms. The Labute approximate surface area is 143 Å². The van der Waals surface area contributed by atoms with Gasteiger partial charge in [-0.2, -0.15) is 0 Å². The van der Waals surface area contributed by atoms with Crippen LogP contribution in [0.25, 0.3) is 0 Å². The number of methoxy groups -OCH3 is 1. The van der Waals surface area contributed by atoms with E-state index in [-0.39, 0.29) is 33.8 Å². The van der Waals surface area contributed by atoms with Crippen LogP contribution in [0.15, 0.2) is 52.3 Å². The number of benzene rings is 2. The zero-order chi connectivity index (χ0) is 17.7. The molecule has 0 aromatic heterocycles. The Morgan fingerprint density at radius 2 is 1.92 bits per heavy atom. The maximum atomic E-state index is 12.8. The predicted octanol–water partition coefficient (Wildman–Crippen LogP) is 2.21. The normalized spacial score (nSPS) is 11.1.